The molecule has 2 nitrogen and oxygen atoms in total. The third-order valence-corrected chi connectivity index (χ3v) is 16.6. The van der Waals surface area contributed by atoms with E-state index in [2.05, 4.69) is 136 Å². The maximum Gasteiger partial charge on any atom is 0.155 e. The fraction of sp³-hybridized carbons (Fsp3) is 0.375. The summed E-state index contributed by atoms with van der Waals surface area (Å²) >= 11 is 1.89. The van der Waals surface area contributed by atoms with Crippen LogP contribution in [0.3, 0.4) is 0 Å². The summed E-state index contributed by atoms with van der Waals surface area (Å²) in [5, 5.41) is 2.66. The van der Waals surface area contributed by atoms with Crippen molar-refractivity contribution in [3.05, 3.63) is 125 Å². The summed E-state index contributed by atoms with van der Waals surface area (Å²) in [5.74, 6) is 5.46. The molecular weight excluding hydrogens is 639 g/mol. The lowest BCUT2D eigenvalue weighted by Crippen LogP contribution is -2.74. The number of rotatable bonds is 3. The van der Waals surface area contributed by atoms with Crippen LogP contribution in [-0.2, 0) is 16.2 Å². The van der Waals surface area contributed by atoms with E-state index < -0.39 is 0 Å². The molecule has 3 heteroatoms. The summed E-state index contributed by atoms with van der Waals surface area (Å²) in [6, 6.07) is 39.6. The molecule has 5 aliphatic carbocycles. The van der Waals surface area contributed by atoms with Gasteiger partial charge in [0.25, 0.3) is 0 Å². The smallest absolute Gasteiger partial charge is 0.155 e. The van der Waals surface area contributed by atoms with Gasteiger partial charge in [0.1, 0.15) is 5.75 Å². The van der Waals surface area contributed by atoms with Crippen molar-refractivity contribution in [2.24, 2.45) is 29.1 Å². The Hall–Kier alpha value is -4.08. The number of anilines is 3. The highest BCUT2D eigenvalue weighted by atomic mass is 32.1. The van der Waals surface area contributed by atoms with Gasteiger partial charge < -0.3 is 9.64 Å². The lowest BCUT2D eigenvalue weighted by atomic mass is 9.26. The average molecular weight is 684 g/mol. The molecule has 0 saturated heterocycles. The van der Waals surface area contributed by atoms with Crippen LogP contribution in [0, 0.1) is 29.1 Å². The Morgan fingerprint density at radius 3 is 2.24 bits per heavy atom. The summed E-state index contributed by atoms with van der Waals surface area (Å²) in [6.07, 6.45) is 8.12. The van der Waals surface area contributed by atoms with Crippen molar-refractivity contribution in [3.8, 4) is 11.5 Å². The minimum atomic E-state index is 0.0485. The Balaban J connectivity index is 1.11. The molecule has 2 heterocycles. The predicted octanol–water partition coefficient (Wildman–Crippen LogP) is 13.3. The van der Waals surface area contributed by atoms with Crippen molar-refractivity contribution in [1.29, 1.82) is 0 Å². The number of ether oxygens (including phenoxy) is 1. The van der Waals surface area contributed by atoms with Crippen LogP contribution in [0.1, 0.15) is 88.5 Å². The van der Waals surface area contributed by atoms with Crippen molar-refractivity contribution in [1.82, 2.24) is 0 Å². The molecule has 51 heavy (non-hydrogen) atoms. The summed E-state index contributed by atoms with van der Waals surface area (Å²) in [5.41, 5.74) is 10.3. The summed E-state index contributed by atoms with van der Waals surface area (Å²) < 4.78 is 9.93. The highest BCUT2D eigenvalue weighted by Crippen LogP contribution is 2.89. The van der Waals surface area contributed by atoms with Crippen molar-refractivity contribution in [2.75, 3.05) is 4.90 Å². The number of para-hydroxylation sites is 2. The normalized spacial score (nSPS) is 30.9. The Bertz CT molecular complexity index is 2490. The van der Waals surface area contributed by atoms with E-state index in [0.717, 1.165) is 40.9 Å². The second kappa shape index (κ2) is 9.47. The second-order valence-electron chi connectivity index (χ2n) is 18.4. The first-order valence-electron chi connectivity index (χ1n) is 19.5. The van der Waals surface area contributed by atoms with E-state index in [-0.39, 0.29) is 16.2 Å². The summed E-state index contributed by atoms with van der Waals surface area (Å²) in [7, 11) is 0. The van der Waals surface area contributed by atoms with Gasteiger partial charge in [0, 0.05) is 48.1 Å². The van der Waals surface area contributed by atoms with E-state index in [1.54, 1.807) is 0 Å². The predicted molar refractivity (Wildman–Crippen MR) is 211 cm³/mol. The van der Waals surface area contributed by atoms with Crippen LogP contribution < -0.4 is 9.64 Å². The molecule has 4 fully saturated rings. The van der Waals surface area contributed by atoms with E-state index in [0.29, 0.717) is 5.41 Å². The van der Waals surface area contributed by atoms with Crippen LogP contribution in [0.2, 0.25) is 0 Å². The minimum Gasteiger partial charge on any atom is -0.455 e. The number of fused-ring (bicyclic) bond motifs is 11. The van der Waals surface area contributed by atoms with Gasteiger partial charge in [-0.15, -0.1) is 11.3 Å². The zero-order valence-electron chi connectivity index (χ0n) is 30.1. The first kappa shape index (κ1) is 29.5. The fourth-order valence-electron chi connectivity index (χ4n) is 13.3. The first-order chi connectivity index (χ1) is 24.7. The quantitative estimate of drug-likeness (QED) is 0.184. The molecule has 2 bridgehead atoms. The van der Waals surface area contributed by atoms with E-state index in [4.69, 9.17) is 4.74 Å². The highest BCUT2D eigenvalue weighted by molar-refractivity contribution is 7.25. The van der Waals surface area contributed by atoms with Crippen LogP contribution in [-0.4, -0.2) is 0 Å². The molecule has 6 aliphatic rings. The summed E-state index contributed by atoms with van der Waals surface area (Å²) in [4.78, 5) is 2.54. The fourth-order valence-corrected chi connectivity index (χ4v) is 14.3. The van der Waals surface area contributed by atoms with Gasteiger partial charge in [0.05, 0.1) is 5.69 Å². The van der Waals surface area contributed by atoms with Gasteiger partial charge in [-0.1, -0.05) is 82.3 Å². The van der Waals surface area contributed by atoms with Crippen molar-refractivity contribution >= 4 is 48.6 Å². The van der Waals surface area contributed by atoms with Gasteiger partial charge in [-0.2, -0.15) is 0 Å². The lowest BCUT2D eigenvalue weighted by Gasteiger charge is -2.77. The van der Waals surface area contributed by atoms with E-state index >= 15 is 0 Å². The maximum atomic E-state index is 7.25. The summed E-state index contributed by atoms with van der Waals surface area (Å²) in [6.45, 7) is 9.75. The van der Waals surface area contributed by atoms with Crippen molar-refractivity contribution < 1.29 is 4.74 Å². The van der Waals surface area contributed by atoms with E-state index in [1.165, 1.54) is 92.3 Å². The lowest BCUT2D eigenvalue weighted by molar-refractivity contribution is -0.235. The largest absolute Gasteiger partial charge is 0.455 e. The number of hydrogen-bond acceptors (Lipinski definition) is 3. The highest BCUT2D eigenvalue weighted by Gasteiger charge is 2.84. The molecule has 0 radical (unpaired) electrons. The van der Waals surface area contributed by atoms with Crippen LogP contribution in [0.5, 0.6) is 11.5 Å². The van der Waals surface area contributed by atoms with Gasteiger partial charge in [-0.25, -0.2) is 0 Å². The van der Waals surface area contributed by atoms with Gasteiger partial charge >= 0.3 is 0 Å². The zero-order valence-corrected chi connectivity index (χ0v) is 30.9. The van der Waals surface area contributed by atoms with Crippen LogP contribution >= 0.6 is 11.3 Å². The number of hydrogen-bond donors (Lipinski definition) is 0. The van der Waals surface area contributed by atoms with E-state index in [9.17, 15) is 0 Å². The Labute approximate surface area is 305 Å². The van der Waals surface area contributed by atoms with Crippen LogP contribution in [0.15, 0.2) is 103 Å². The Morgan fingerprint density at radius 2 is 1.35 bits per heavy atom. The van der Waals surface area contributed by atoms with Gasteiger partial charge in [0.15, 0.2) is 5.75 Å². The van der Waals surface area contributed by atoms with Gasteiger partial charge in [0.2, 0.25) is 0 Å². The average Bonchev–Trinajstić information content (AvgIpc) is 3.80. The molecule has 12 rings (SSSR count). The Morgan fingerprint density at radius 1 is 0.627 bits per heavy atom. The van der Waals surface area contributed by atoms with Gasteiger partial charge in [-0.05, 0) is 138 Å². The molecule has 5 aromatic carbocycles. The first-order valence-corrected chi connectivity index (χ1v) is 20.3. The van der Waals surface area contributed by atoms with Crippen LogP contribution in [0.4, 0.5) is 17.1 Å². The topological polar surface area (TPSA) is 12.5 Å². The van der Waals surface area contributed by atoms with Crippen molar-refractivity contribution in [2.45, 2.75) is 82.5 Å². The zero-order chi connectivity index (χ0) is 34.1. The minimum absolute atomic E-state index is 0.0485. The van der Waals surface area contributed by atoms with Crippen molar-refractivity contribution in [3.63, 3.8) is 0 Å². The molecule has 0 amide bonds. The molecule has 254 valence electrons. The Kier molecular flexibility index (Phi) is 5.48. The standard InChI is InChI=1S/C48H45NOS/c1-45(2)20-21-46(3,4)37-26-31(16-18-34(37)45)49(30-17-19-41-33(25-30)32-10-5-8-15-40(32)51-41)38-13-9-12-36-44(38)50-39-14-7-6-11-35(39)48(36)42-23-28-22-29-24-43(48)47(29,42)27-28/h5-19,25-26,28-29,42-43H,20-24,27H2,1-4H3. The van der Waals surface area contributed by atoms with Gasteiger partial charge in [-0.3, -0.25) is 0 Å². The second-order valence-corrected chi connectivity index (χ2v) is 19.5. The molecular formula is C48H45NOS. The molecule has 1 aliphatic heterocycles. The third-order valence-electron chi connectivity index (χ3n) is 15.4. The molecule has 6 aromatic rings. The molecule has 1 aromatic heterocycles. The number of nitrogens with zero attached hydrogens (tertiary/aromatic N) is 1. The molecule has 0 N–H and O–H groups in total. The number of thiophene rings is 1. The molecule has 4 saturated carbocycles. The third kappa shape index (κ3) is 3.46. The molecule has 6 unspecified atom stereocenters. The number of benzene rings is 5. The van der Waals surface area contributed by atoms with E-state index in [1.807, 2.05) is 11.3 Å². The van der Waals surface area contributed by atoms with Crippen LogP contribution in [0.25, 0.3) is 20.2 Å². The SMILES string of the molecule is CC1(C)CCC(C)(C)c2cc(N(c3ccc4sc5ccccc5c4c3)c3cccc4c3Oc3ccccc3C43C4CC5CC6CC3C64C5)ccc21. The monoisotopic (exact) mass is 683 g/mol. The maximum absolute atomic E-state index is 7.25. The molecule has 2 spiro atoms. The molecule has 6 atom stereocenters.